The minimum atomic E-state index is -1.19. The molecular weight excluding hydrogens is 640 g/mol. The van der Waals surface area contributed by atoms with Crippen LogP contribution in [0.25, 0.3) is 0 Å². The average Bonchev–Trinajstić information content (AvgIpc) is 3.70. The molecular formula is C33H52N6O8S. The average molecular weight is 693 g/mol. The first-order valence-electron chi connectivity index (χ1n) is 16.2. The number of unbranched alkanes of at least 4 members (excludes halogenated alkanes) is 1. The van der Waals surface area contributed by atoms with E-state index in [0.29, 0.717) is 30.6 Å². The van der Waals surface area contributed by atoms with Crippen molar-refractivity contribution in [1.29, 1.82) is 0 Å². The summed E-state index contributed by atoms with van der Waals surface area (Å²) < 4.78 is 5.36. The number of nitrogens with zero attached hydrogens (tertiary/aromatic N) is 2. The van der Waals surface area contributed by atoms with Crippen LogP contribution in [-0.2, 0) is 33.5 Å². The lowest BCUT2D eigenvalue weighted by atomic mass is 9.85. The molecule has 48 heavy (non-hydrogen) atoms. The van der Waals surface area contributed by atoms with E-state index >= 15 is 0 Å². The number of hydrogen-bond donors (Lipinski definition) is 4. The minimum absolute atomic E-state index is 0.171. The van der Waals surface area contributed by atoms with Crippen molar-refractivity contribution in [3.63, 3.8) is 0 Å². The van der Waals surface area contributed by atoms with Gasteiger partial charge in [-0.15, -0.1) is 11.3 Å². The molecule has 4 N–H and O–H groups in total. The Hall–Kier alpha value is -4.01. The highest BCUT2D eigenvalue weighted by Gasteiger charge is 2.43. The van der Waals surface area contributed by atoms with Gasteiger partial charge in [-0.1, -0.05) is 46.6 Å². The van der Waals surface area contributed by atoms with E-state index in [0.717, 1.165) is 0 Å². The number of likely N-dealkylation sites (tertiary alicyclic amines) is 1. The summed E-state index contributed by atoms with van der Waals surface area (Å²) in [5.74, 6) is -4.07. The zero-order valence-corrected chi connectivity index (χ0v) is 30.4. The fraction of sp³-hybridized carbons (Fsp3) is 0.667. The zero-order chi connectivity index (χ0) is 36.4. The van der Waals surface area contributed by atoms with Crippen LogP contribution in [0.2, 0.25) is 0 Å². The summed E-state index contributed by atoms with van der Waals surface area (Å²) in [4.78, 5) is 94.8. The standard InChI is InChI=1S/C33H52N6O8S/c1-10-11-14-20(25(41)28(43)34-19-23(40)36-24(29(44)38(8)9)22-16-13-18-48-22)35-27(42)21-15-12-17-39(21)30(45)26(32(2,3)4)37-31(46)47-33(5,6)7/h13,16,18,20-21,24,26H,10-12,14-15,17,19H2,1-9H3,(H,34,43)(H,35,42)(H,36,40)(H,37,46)/t20?,21-,24-,26?/m0/s1. The first-order chi connectivity index (χ1) is 22.3. The predicted molar refractivity (Wildman–Crippen MR) is 181 cm³/mol. The number of ketones is 1. The molecule has 1 saturated heterocycles. The van der Waals surface area contributed by atoms with Gasteiger partial charge in [0, 0.05) is 25.5 Å². The van der Waals surface area contributed by atoms with E-state index in [1.807, 2.05) is 6.92 Å². The van der Waals surface area contributed by atoms with Crippen molar-refractivity contribution in [2.24, 2.45) is 5.41 Å². The molecule has 0 aliphatic carbocycles. The fourth-order valence-electron chi connectivity index (χ4n) is 5.07. The molecule has 4 atom stereocenters. The number of Topliss-reactive ketones (excluding diaryl/α,β-unsaturated/α-hetero) is 1. The Morgan fingerprint density at radius 3 is 2.23 bits per heavy atom. The van der Waals surface area contributed by atoms with Crippen LogP contribution < -0.4 is 21.3 Å². The summed E-state index contributed by atoms with van der Waals surface area (Å²) in [7, 11) is 3.12. The molecule has 14 nitrogen and oxygen atoms in total. The molecule has 1 aliphatic heterocycles. The number of ether oxygens (including phenoxy) is 1. The van der Waals surface area contributed by atoms with Crippen LogP contribution in [0.15, 0.2) is 17.5 Å². The zero-order valence-electron chi connectivity index (χ0n) is 29.6. The van der Waals surface area contributed by atoms with E-state index in [-0.39, 0.29) is 18.9 Å². The second kappa shape index (κ2) is 17.4. The van der Waals surface area contributed by atoms with Gasteiger partial charge in [-0.2, -0.15) is 0 Å². The van der Waals surface area contributed by atoms with Crippen molar-refractivity contribution in [3.8, 4) is 0 Å². The smallest absolute Gasteiger partial charge is 0.408 e. The molecule has 0 spiro atoms. The summed E-state index contributed by atoms with van der Waals surface area (Å²) in [6.45, 7) is 12.1. The Bertz CT molecular complexity index is 1320. The highest BCUT2D eigenvalue weighted by atomic mass is 32.1. The van der Waals surface area contributed by atoms with Crippen molar-refractivity contribution in [2.45, 2.75) is 110 Å². The summed E-state index contributed by atoms with van der Waals surface area (Å²) in [5.41, 5.74) is -1.50. The second-order valence-electron chi connectivity index (χ2n) is 14.1. The maximum atomic E-state index is 13.8. The molecule has 1 aromatic rings. The monoisotopic (exact) mass is 692 g/mol. The van der Waals surface area contributed by atoms with Gasteiger partial charge in [0.05, 0.1) is 12.6 Å². The summed E-state index contributed by atoms with van der Waals surface area (Å²) >= 11 is 1.29. The molecule has 0 aromatic carbocycles. The first kappa shape index (κ1) is 40.2. The summed E-state index contributed by atoms with van der Waals surface area (Å²) in [6, 6.07) is -0.603. The topological polar surface area (TPSA) is 183 Å². The van der Waals surface area contributed by atoms with Crippen LogP contribution in [0.5, 0.6) is 0 Å². The summed E-state index contributed by atoms with van der Waals surface area (Å²) in [6.07, 6.45) is 1.49. The molecule has 2 rings (SSSR count). The second-order valence-corrected chi connectivity index (χ2v) is 15.1. The van der Waals surface area contributed by atoms with Gasteiger partial charge in [0.1, 0.15) is 23.7 Å². The molecule has 0 bridgehead atoms. The van der Waals surface area contributed by atoms with Crippen molar-refractivity contribution < 1.29 is 38.3 Å². The number of amides is 6. The number of thiophene rings is 1. The molecule has 2 heterocycles. The molecule has 2 unspecified atom stereocenters. The molecule has 6 amide bonds. The van der Waals surface area contributed by atoms with E-state index in [4.69, 9.17) is 4.74 Å². The molecule has 268 valence electrons. The number of rotatable bonds is 14. The normalized spacial score (nSPS) is 16.6. The number of hydrogen-bond acceptors (Lipinski definition) is 9. The Morgan fingerprint density at radius 1 is 1.02 bits per heavy atom. The molecule has 1 aliphatic rings. The van der Waals surface area contributed by atoms with E-state index in [1.165, 1.54) is 21.1 Å². The van der Waals surface area contributed by atoms with Crippen molar-refractivity contribution in [2.75, 3.05) is 27.2 Å². The Morgan fingerprint density at radius 2 is 1.69 bits per heavy atom. The highest BCUT2D eigenvalue weighted by Crippen LogP contribution is 2.27. The first-order valence-corrected chi connectivity index (χ1v) is 17.1. The van der Waals surface area contributed by atoms with Gasteiger partial charge in [0.15, 0.2) is 0 Å². The number of carbonyl (C=O) groups excluding carboxylic acids is 7. The lowest BCUT2D eigenvalue weighted by Gasteiger charge is -2.36. The van der Waals surface area contributed by atoms with Gasteiger partial charge >= 0.3 is 6.09 Å². The Kier molecular flexibility index (Phi) is 14.6. The molecule has 1 aromatic heterocycles. The third-order valence-electron chi connectivity index (χ3n) is 7.55. The number of carbonyl (C=O) groups is 7. The lowest BCUT2D eigenvalue weighted by Crippen LogP contribution is -2.59. The number of likely N-dealkylation sites (N-methyl/N-ethyl adjacent to an activating group) is 1. The molecule has 0 saturated carbocycles. The third kappa shape index (κ3) is 11.9. The Labute approximate surface area is 287 Å². The van der Waals surface area contributed by atoms with E-state index in [1.54, 1.807) is 73.2 Å². The van der Waals surface area contributed by atoms with Gasteiger partial charge in [-0.05, 0) is 56.9 Å². The number of nitrogens with one attached hydrogen (secondary N) is 4. The Balaban J connectivity index is 2.11. The van der Waals surface area contributed by atoms with Gasteiger partial charge in [0.2, 0.25) is 29.4 Å². The van der Waals surface area contributed by atoms with Crippen LogP contribution in [0.1, 0.15) is 91.5 Å². The fourth-order valence-corrected chi connectivity index (χ4v) is 5.84. The SMILES string of the molecule is CCCCC(NC(=O)[C@@H]1CCCN1C(=O)C(NC(=O)OC(C)(C)C)C(C)(C)C)C(=O)C(=O)NCC(=O)N[C@H](C(=O)N(C)C)c1cccs1. The van der Waals surface area contributed by atoms with Gasteiger partial charge < -0.3 is 35.8 Å². The largest absolute Gasteiger partial charge is 0.444 e. The van der Waals surface area contributed by atoms with Crippen LogP contribution >= 0.6 is 11.3 Å². The molecule has 15 heteroatoms. The number of alkyl carbamates (subject to hydrolysis) is 1. The van der Waals surface area contributed by atoms with E-state index in [9.17, 15) is 33.6 Å². The molecule has 0 radical (unpaired) electrons. The van der Waals surface area contributed by atoms with E-state index in [2.05, 4.69) is 21.3 Å². The van der Waals surface area contributed by atoms with Crippen molar-refractivity contribution in [1.82, 2.24) is 31.1 Å². The van der Waals surface area contributed by atoms with Gasteiger partial charge in [-0.3, -0.25) is 28.8 Å². The predicted octanol–water partition coefficient (Wildman–Crippen LogP) is 2.28. The molecule has 1 fully saturated rings. The van der Waals surface area contributed by atoms with Crippen molar-refractivity contribution in [3.05, 3.63) is 22.4 Å². The van der Waals surface area contributed by atoms with E-state index < -0.39 is 77.2 Å². The third-order valence-corrected chi connectivity index (χ3v) is 8.48. The van der Waals surface area contributed by atoms with Crippen LogP contribution in [0, 0.1) is 5.41 Å². The maximum absolute atomic E-state index is 13.8. The van der Waals surface area contributed by atoms with Crippen LogP contribution in [0.3, 0.4) is 0 Å². The van der Waals surface area contributed by atoms with Crippen LogP contribution in [-0.4, -0.2) is 102 Å². The minimum Gasteiger partial charge on any atom is -0.444 e. The summed E-state index contributed by atoms with van der Waals surface area (Å²) in [5, 5.41) is 12.0. The van der Waals surface area contributed by atoms with Gasteiger partial charge in [-0.25, -0.2) is 4.79 Å². The van der Waals surface area contributed by atoms with Gasteiger partial charge in [0.25, 0.3) is 5.91 Å². The van der Waals surface area contributed by atoms with Crippen LogP contribution in [0.4, 0.5) is 4.79 Å². The quantitative estimate of drug-likeness (QED) is 0.214. The highest BCUT2D eigenvalue weighted by molar-refractivity contribution is 7.10. The van der Waals surface area contributed by atoms with Crippen molar-refractivity contribution >= 4 is 52.7 Å². The maximum Gasteiger partial charge on any atom is 0.408 e. The lowest BCUT2D eigenvalue weighted by molar-refractivity contribution is -0.144.